The first-order valence-electron chi connectivity index (χ1n) is 7.28. The van der Waals surface area contributed by atoms with Gasteiger partial charge in [0.1, 0.15) is 0 Å². The summed E-state index contributed by atoms with van der Waals surface area (Å²) in [5, 5.41) is 13.7. The van der Waals surface area contributed by atoms with E-state index in [1.165, 1.54) is 12.5 Å². The Kier molecular flexibility index (Phi) is 6.77. The second-order valence-corrected chi connectivity index (χ2v) is 5.76. The van der Waals surface area contributed by atoms with Crippen LogP contribution in [0.2, 0.25) is 0 Å². The summed E-state index contributed by atoms with van der Waals surface area (Å²) < 4.78 is 0. The Hall–Kier alpha value is -1.66. The monoisotopic (exact) mass is 327 g/mol. The molecule has 1 aromatic carbocycles. The second kappa shape index (κ2) is 8.10. The molecule has 122 valence electrons. The topological polar surface area (TPSA) is 98.3 Å². The molecule has 1 amide bonds. The molecule has 22 heavy (non-hydrogen) atoms. The number of halogens is 1. The SMILES string of the molecule is Cl.NC1(CNC(=O)Cc2ccccc2[N+](=O)[O-])CCCCC1. The van der Waals surface area contributed by atoms with Crippen LogP contribution in [0.25, 0.3) is 0 Å². The lowest BCUT2D eigenvalue weighted by molar-refractivity contribution is -0.385. The van der Waals surface area contributed by atoms with E-state index < -0.39 is 4.92 Å². The van der Waals surface area contributed by atoms with Gasteiger partial charge in [-0.3, -0.25) is 14.9 Å². The van der Waals surface area contributed by atoms with Crippen molar-refractivity contribution in [3.63, 3.8) is 0 Å². The molecule has 1 aromatic rings. The number of benzene rings is 1. The van der Waals surface area contributed by atoms with Gasteiger partial charge in [0.05, 0.1) is 11.3 Å². The highest BCUT2D eigenvalue weighted by molar-refractivity contribution is 5.85. The predicted molar refractivity (Wildman–Crippen MR) is 87.1 cm³/mol. The lowest BCUT2D eigenvalue weighted by Crippen LogP contribution is -2.51. The minimum Gasteiger partial charge on any atom is -0.354 e. The Balaban J connectivity index is 0.00000242. The highest BCUT2D eigenvalue weighted by Gasteiger charge is 2.27. The van der Waals surface area contributed by atoms with E-state index in [1.807, 2.05) is 0 Å². The van der Waals surface area contributed by atoms with E-state index in [4.69, 9.17) is 5.73 Å². The summed E-state index contributed by atoms with van der Waals surface area (Å²) in [7, 11) is 0. The number of nitrogens with two attached hydrogens (primary N) is 1. The third-order valence-electron chi connectivity index (χ3n) is 4.03. The molecule has 0 radical (unpaired) electrons. The van der Waals surface area contributed by atoms with Gasteiger partial charge in [0.2, 0.25) is 5.91 Å². The molecule has 0 saturated heterocycles. The Morgan fingerprint density at radius 2 is 1.91 bits per heavy atom. The summed E-state index contributed by atoms with van der Waals surface area (Å²) in [5.74, 6) is -0.223. The quantitative estimate of drug-likeness (QED) is 0.640. The molecule has 0 aliphatic heterocycles. The number of hydrogen-bond acceptors (Lipinski definition) is 4. The summed E-state index contributed by atoms with van der Waals surface area (Å²) in [5.41, 5.74) is 6.34. The average molecular weight is 328 g/mol. The van der Waals surface area contributed by atoms with Crippen molar-refractivity contribution < 1.29 is 9.72 Å². The van der Waals surface area contributed by atoms with Crippen molar-refractivity contribution in [2.24, 2.45) is 5.73 Å². The molecule has 1 fully saturated rings. The van der Waals surface area contributed by atoms with Gasteiger partial charge in [0, 0.05) is 23.7 Å². The van der Waals surface area contributed by atoms with Gasteiger partial charge in [0.25, 0.3) is 5.69 Å². The summed E-state index contributed by atoms with van der Waals surface area (Å²) in [6, 6.07) is 6.31. The van der Waals surface area contributed by atoms with Gasteiger partial charge < -0.3 is 11.1 Å². The van der Waals surface area contributed by atoms with Gasteiger partial charge in [-0.1, -0.05) is 37.5 Å². The number of nitrogens with zero attached hydrogens (tertiary/aromatic N) is 1. The molecule has 3 N–H and O–H groups in total. The van der Waals surface area contributed by atoms with Crippen LogP contribution in [0.15, 0.2) is 24.3 Å². The Morgan fingerprint density at radius 1 is 1.27 bits per heavy atom. The summed E-state index contributed by atoms with van der Waals surface area (Å²) in [6.07, 6.45) is 5.22. The fourth-order valence-electron chi connectivity index (χ4n) is 2.78. The molecule has 2 rings (SSSR count). The molecule has 0 unspecified atom stereocenters. The minimum absolute atomic E-state index is 0. The van der Waals surface area contributed by atoms with Crippen LogP contribution in [0.5, 0.6) is 0 Å². The van der Waals surface area contributed by atoms with Crippen LogP contribution < -0.4 is 11.1 Å². The van der Waals surface area contributed by atoms with Crippen LogP contribution in [0.3, 0.4) is 0 Å². The Morgan fingerprint density at radius 3 is 2.55 bits per heavy atom. The first kappa shape index (κ1) is 18.4. The Bertz CT molecular complexity index is 531. The van der Waals surface area contributed by atoms with Gasteiger partial charge >= 0.3 is 0 Å². The summed E-state index contributed by atoms with van der Waals surface area (Å²) in [6.45, 7) is 0.437. The third-order valence-corrected chi connectivity index (χ3v) is 4.03. The van der Waals surface area contributed by atoms with Crippen molar-refractivity contribution in [2.75, 3.05) is 6.54 Å². The highest BCUT2D eigenvalue weighted by atomic mass is 35.5. The number of para-hydroxylation sites is 1. The van der Waals surface area contributed by atoms with Gasteiger partial charge in [0.15, 0.2) is 0 Å². The first-order valence-corrected chi connectivity index (χ1v) is 7.28. The smallest absolute Gasteiger partial charge is 0.273 e. The van der Waals surface area contributed by atoms with E-state index in [2.05, 4.69) is 5.32 Å². The number of nitrogens with one attached hydrogen (secondary N) is 1. The number of amides is 1. The number of carbonyl (C=O) groups is 1. The van der Waals surface area contributed by atoms with Crippen molar-refractivity contribution in [1.82, 2.24) is 5.32 Å². The van der Waals surface area contributed by atoms with Crippen LogP contribution in [0, 0.1) is 10.1 Å². The number of carbonyl (C=O) groups excluding carboxylic acids is 1. The minimum atomic E-state index is -0.464. The highest BCUT2D eigenvalue weighted by Crippen LogP contribution is 2.25. The maximum absolute atomic E-state index is 12.0. The molecule has 6 nitrogen and oxygen atoms in total. The standard InChI is InChI=1S/C15H21N3O3.ClH/c16-15(8-4-1-5-9-15)11-17-14(19)10-12-6-2-3-7-13(12)18(20)21;/h2-3,6-7H,1,4-5,8-11,16H2,(H,17,19);1H. The lowest BCUT2D eigenvalue weighted by atomic mass is 9.82. The maximum Gasteiger partial charge on any atom is 0.273 e. The molecule has 0 bridgehead atoms. The molecule has 0 aromatic heterocycles. The second-order valence-electron chi connectivity index (χ2n) is 5.76. The fourth-order valence-corrected chi connectivity index (χ4v) is 2.78. The van der Waals surface area contributed by atoms with Crippen LogP contribution in [-0.4, -0.2) is 22.9 Å². The van der Waals surface area contributed by atoms with E-state index in [0.717, 1.165) is 25.7 Å². The van der Waals surface area contributed by atoms with E-state index in [9.17, 15) is 14.9 Å². The number of rotatable bonds is 5. The van der Waals surface area contributed by atoms with E-state index in [0.29, 0.717) is 12.1 Å². The molecule has 0 atom stereocenters. The van der Waals surface area contributed by atoms with Gasteiger partial charge in [-0.25, -0.2) is 0 Å². The molecular formula is C15H22ClN3O3. The van der Waals surface area contributed by atoms with E-state index in [-0.39, 0.29) is 36.0 Å². The van der Waals surface area contributed by atoms with Crippen molar-refractivity contribution in [3.05, 3.63) is 39.9 Å². The molecule has 0 heterocycles. The van der Waals surface area contributed by atoms with Gasteiger partial charge in [-0.15, -0.1) is 12.4 Å². The van der Waals surface area contributed by atoms with Crippen LogP contribution >= 0.6 is 12.4 Å². The van der Waals surface area contributed by atoms with Gasteiger partial charge in [-0.05, 0) is 12.8 Å². The van der Waals surface area contributed by atoms with Crippen LogP contribution in [-0.2, 0) is 11.2 Å². The van der Waals surface area contributed by atoms with E-state index >= 15 is 0 Å². The first-order chi connectivity index (χ1) is 10.0. The lowest BCUT2D eigenvalue weighted by Gasteiger charge is -2.33. The number of nitro benzene ring substituents is 1. The average Bonchev–Trinajstić information content (AvgIpc) is 2.46. The third kappa shape index (κ3) is 4.96. The molecular weight excluding hydrogens is 306 g/mol. The molecule has 1 aliphatic carbocycles. The van der Waals surface area contributed by atoms with Crippen molar-refractivity contribution in [1.29, 1.82) is 0 Å². The van der Waals surface area contributed by atoms with Crippen LogP contribution in [0.4, 0.5) is 5.69 Å². The van der Waals surface area contributed by atoms with E-state index in [1.54, 1.807) is 18.2 Å². The van der Waals surface area contributed by atoms with Crippen molar-refractivity contribution >= 4 is 24.0 Å². The number of nitro groups is 1. The zero-order chi connectivity index (χ0) is 15.3. The van der Waals surface area contributed by atoms with Crippen LogP contribution in [0.1, 0.15) is 37.7 Å². The summed E-state index contributed by atoms with van der Waals surface area (Å²) in [4.78, 5) is 22.4. The zero-order valence-corrected chi connectivity index (χ0v) is 13.2. The molecule has 7 heteroatoms. The largest absolute Gasteiger partial charge is 0.354 e. The molecule has 0 spiro atoms. The molecule has 1 saturated carbocycles. The van der Waals surface area contributed by atoms with Crippen molar-refractivity contribution in [2.45, 2.75) is 44.1 Å². The normalized spacial score (nSPS) is 16.4. The zero-order valence-electron chi connectivity index (χ0n) is 12.4. The molecule has 1 aliphatic rings. The predicted octanol–water partition coefficient (Wildman–Crippen LogP) is 2.34. The summed E-state index contributed by atoms with van der Waals surface area (Å²) >= 11 is 0. The van der Waals surface area contributed by atoms with Crippen molar-refractivity contribution in [3.8, 4) is 0 Å². The fraction of sp³-hybridized carbons (Fsp3) is 0.533. The number of hydrogen-bond donors (Lipinski definition) is 2. The Labute approximate surface area is 136 Å². The maximum atomic E-state index is 12.0. The van der Waals surface area contributed by atoms with Gasteiger partial charge in [-0.2, -0.15) is 0 Å².